The number of amides is 2. The molecule has 0 radical (unpaired) electrons. The van der Waals surface area contributed by atoms with Crippen molar-refractivity contribution in [1.29, 1.82) is 0 Å². The van der Waals surface area contributed by atoms with Crippen LogP contribution in [0.15, 0.2) is 78.9 Å². The van der Waals surface area contributed by atoms with Crippen LogP contribution in [-0.2, 0) is 4.79 Å². The molecule has 5 heteroatoms. The minimum absolute atomic E-state index is 0.116. The highest BCUT2D eigenvalue weighted by Crippen LogP contribution is 2.27. The van der Waals surface area contributed by atoms with Gasteiger partial charge in [0.2, 0.25) is 5.91 Å². The molecule has 1 N–H and O–H groups in total. The number of para-hydroxylation sites is 2. The summed E-state index contributed by atoms with van der Waals surface area (Å²) in [6.07, 6.45) is 1.43. The number of rotatable bonds is 5. The second-order valence-corrected chi connectivity index (χ2v) is 6.56. The van der Waals surface area contributed by atoms with E-state index < -0.39 is 0 Å². The maximum Gasteiger partial charge on any atom is 0.259 e. The third-order valence-electron chi connectivity index (χ3n) is 4.59. The molecule has 0 bridgehead atoms. The first-order valence-electron chi connectivity index (χ1n) is 9.24. The number of hydrogen-bond donors (Lipinski definition) is 1. The molecule has 5 nitrogen and oxygen atoms in total. The predicted octanol–water partition coefficient (Wildman–Crippen LogP) is 4.86. The van der Waals surface area contributed by atoms with Gasteiger partial charge < -0.3 is 15.0 Å². The van der Waals surface area contributed by atoms with Gasteiger partial charge in [0.15, 0.2) is 0 Å². The van der Waals surface area contributed by atoms with Crippen molar-refractivity contribution in [2.24, 2.45) is 0 Å². The van der Waals surface area contributed by atoms with Crippen LogP contribution in [0.25, 0.3) is 0 Å². The van der Waals surface area contributed by atoms with Crippen molar-refractivity contribution in [2.75, 3.05) is 16.8 Å². The number of nitrogens with zero attached hydrogens (tertiary/aromatic N) is 1. The number of hydrogen-bond acceptors (Lipinski definition) is 3. The summed E-state index contributed by atoms with van der Waals surface area (Å²) in [4.78, 5) is 26.6. The van der Waals surface area contributed by atoms with E-state index in [0.29, 0.717) is 35.7 Å². The van der Waals surface area contributed by atoms with E-state index in [4.69, 9.17) is 4.74 Å². The molecule has 3 aromatic rings. The van der Waals surface area contributed by atoms with E-state index in [1.54, 1.807) is 23.1 Å². The molecule has 1 aliphatic heterocycles. The number of carbonyl (C=O) groups is 2. The summed E-state index contributed by atoms with van der Waals surface area (Å²) in [5, 5.41) is 2.91. The molecule has 1 heterocycles. The van der Waals surface area contributed by atoms with Gasteiger partial charge in [0.25, 0.3) is 5.91 Å². The van der Waals surface area contributed by atoms with E-state index in [1.165, 1.54) is 0 Å². The maximum absolute atomic E-state index is 12.9. The summed E-state index contributed by atoms with van der Waals surface area (Å²) in [5.74, 6) is 0.996. The molecule has 2 amide bonds. The van der Waals surface area contributed by atoms with Crippen LogP contribution in [0.4, 0.5) is 11.4 Å². The van der Waals surface area contributed by atoms with Crippen LogP contribution in [0.1, 0.15) is 23.2 Å². The average Bonchev–Trinajstić information content (AvgIpc) is 3.15. The van der Waals surface area contributed by atoms with Crippen molar-refractivity contribution in [1.82, 2.24) is 0 Å². The van der Waals surface area contributed by atoms with Crippen LogP contribution in [0, 0.1) is 0 Å². The Morgan fingerprint density at radius 2 is 1.71 bits per heavy atom. The summed E-state index contributed by atoms with van der Waals surface area (Å²) in [6.45, 7) is 0.712. The Balaban J connectivity index is 1.54. The molecule has 1 fully saturated rings. The van der Waals surface area contributed by atoms with Gasteiger partial charge in [0, 0.05) is 24.3 Å². The fourth-order valence-electron chi connectivity index (χ4n) is 3.23. The average molecular weight is 372 g/mol. The van der Waals surface area contributed by atoms with Crippen LogP contribution in [0.3, 0.4) is 0 Å². The summed E-state index contributed by atoms with van der Waals surface area (Å²) < 4.78 is 5.87. The van der Waals surface area contributed by atoms with Gasteiger partial charge in [-0.2, -0.15) is 0 Å². The number of benzene rings is 3. The predicted molar refractivity (Wildman–Crippen MR) is 109 cm³/mol. The highest BCUT2D eigenvalue weighted by atomic mass is 16.5. The molecule has 0 spiro atoms. The molecule has 4 rings (SSSR count). The fraction of sp³-hybridized carbons (Fsp3) is 0.130. The van der Waals surface area contributed by atoms with Gasteiger partial charge in [-0.15, -0.1) is 0 Å². The molecule has 3 aromatic carbocycles. The van der Waals surface area contributed by atoms with Gasteiger partial charge >= 0.3 is 0 Å². The molecule has 0 aromatic heterocycles. The molecular formula is C23H20N2O3. The minimum Gasteiger partial charge on any atom is -0.457 e. The quantitative estimate of drug-likeness (QED) is 0.696. The highest BCUT2D eigenvalue weighted by Gasteiger charge is 2.22. The van der Waals surface area contributed by atoms with Gasteiger partial charge in [-0.25, -0.2) is 0 Å². The van der Waals surface area contributed by atoms with E-state index in [2.05, 4.69) is 5.32 Å². The maximum atomic E-state index is 12.9. The summed E-state index contributed by atoms with van der Waals surface area (Å²) in [5.41, 5.74) is 1.87. The van der Waals surface area contributed by atoms with Gasteiger partial charge in [-0.1, -0.05) is 36.4 Å². The monoisotopic (exact) mass is 372 g/mol. The molecule has 1 saturated heterocycles. The molecule has 0 atom stereocenters. The number of anilines is 2. The normalized spacial score (nSPS) is 13.4. The lowest BCUT2D eigenvalue weighted by molar-refractivity contribution is -0.117. The van der Waals surface area contributed by atoms with Gasteiger partial charge in [-0.3, -0.25) is 9.59 Å². The minimum atomic E-state index is -0.267. The van der Waals surface area contributed by atoms with Crippen LogP contribution in [-0.4, -0.2) is 18.4 Å². The zero-order valence-corrected chi connectivity index (χ0v) is 15.3. The number of nitrogens with one attached hydrogen (secondary N) is 1. The smallest absolute Gasteiger partial charge is 0.259 e. The highest BCUT2D eigenvalue weighted by molar-refractivity contribution is 6.06. The lowest BCUT2D eigenvalue weighted by Gasteiger charge is -2.17. The summed E-state index contributed by atoms with van der Waals surface area (Å²) in [7, 11) is 0. The Bertz CT molecular complexity index is 1000. The Hall–Kier alpha value is -3.60. The van der Waals surface area contributed by atoms with E-state index in [1.807, 2.05) is 60.7 Å². The Morgan fingerprint density at radius 3 is 2.50 bits per heavy atom. The SMILES string of the molecule is O=C(Nc1cccc(N2CCCC2=O)c1)c1ccccc1Oc1ccccc1. The van der Waals surface area contributed by atoms with Crippen LogP contribution >= 0.6 is 0 Å². The Morgan fingerprint density at radius 1 is 0.929 bits per heavy atom. The van der Waals surface area contributed by atoms with E-state index in [0.717, 1.165) is 12.1 Å². The second kappa shape index (κ2) is 7.96. The standard InChI is InChI=1S/C23H20N2O3/c26-22-14-7-15-25(22)18-9-6-8-17(16-18)24-23(27)20-12-4-5-13-21(20)28-19-10-2-1-3-11-19/h1-6,8-13,16H,7,14-15H2,(H,24,27). The van der Waals surface area contributed by atoms with Crippen LogP contribution < -0.4 is 15.0 Å². The van der Waals surface area contributed by atoms with Crippen molar-refractivity contribution >= 4 is 23.2 Å². The second-order valence-electron chi connectivity index (χ2n) is 6.56. The molecule has 28 heavy (non-hydrogen) atoms. The van der Waals surface area contributed by atoms with Gasteiger partial charge in [-0.05, 0) is 48.9 Å². The lowest BCUT2D eigenvalue weighted by atomic mass is 10.1. The zero-order chi connectivity index (χ0) is 19.3. The van der Waals surface area contributed by atoms with Crippen molar-refractivity contribution in [3.63, 3.8) is 0 Å². The van der Waals surface area contributed by atoms with Crippen LogP contribution in [0.2, 0.25) is 0 Å². The van der Waals surface area contributed by atoms with Gasteiger partial charge in [0.1, 0.15) is 11.5 Å². The first kappa shape index (κ1) is 17.8. The lowest BCUT2D eigenvalue weighted by Crippen LogP contribution is -2.23. The first-order chi connectivity index (χ1) is 13.7. The summed E-state index contributed by atoms with van der Waals surface area (Å²) >= 11 is 0. The molecular weight excluding hydrogens is 352 g/mol. The topological polar surface area (TPSA) is 58.6 Å². The molecule has 0 saturated carbocycles. The Kier molecular flexibility index (Phi) is 5.06. The number of ether oxygens (including phenoxy) is 1. The van der Waals surface area contributed by atoms with E-state index >= 15 is 0 Å². The van der Waals surface area contributed by atoms with E-state index in [-0.39, 0.29) is 11.8 Å². The molecule has 0 unspecified atom stereocenters. The fourth-order valence-corrected chi connectivity index (χ4v) is 3.23. The van der Waals surface area contributed by atoms with Crippen molar-refractivity contribution in [3.05, 3.63) is 84.4 Å². The zero-order valence-electron chi connectivity index (χ0n) is 15.3. The van der Waals surface area contributed by atoms with Crippen LogP contribution in [0.5, 0.6) is 11.5 Å². The molecule has 140 valence electrons. The first-order valence-corrected chi connectivity index (χ1v) is 9.24. The van der Waals surface area contributed by atoms with Crippen molar-refractivity contribution < 1.29 is 14.3 Å². The number of carbonyl (C=O) groups excluding carboxylic acids is 2. The van der Waals surface area contributed by atoms with E-state index in [9.17, 15) is 9.59 Å². The largest absolute Gasteiger partial charge is 0.457 e. The van der Waals surface area contributed by atoms with Crippen molar-refractivity contribution in [3.8, 4) is 11.5 Å². The molecule has 1 aliphatic rings. The Labute approximate surface area is 163 Å². The third kappa shape index (κ3) is 3.88. The van der Waals surface area contributed by atoms with Crippen molar-refractivity contribution in [2.45, 2.75) is 12.8 Å². The summed E-state index contributed by atoms with van der Waals surface area (Å²) in [6, 6.07) is 23.8. The molecule has 0 aliphatic carbocycles. The third-order valence-corrected chi connectivity index (χ3v) is 4.59. The van der Waals surface area contributed by atoms with Gasteiger partial charge in [0.05, 0.1) is 5.56 Å².